The highest BCUT2D eigenvalue weighted by molar-refractivity contribution is 6.17. The Hall–Kier alpha value is -4.13. The summed E-state index contributed by atoms with van der Waals surface area (Å²) in [5.41, 5.74) is 4.14. The van der Waals surface area contributed by atoms with Gasteiger partial charge in [-0.3, -0.25) is 9.69 Å². The number of nitrogens with zero attached hydrogens (tertiary/aromatic N) is 1. The van der Waals surface area contributed by atoms with Crippen molar-refractivity contribution in [1.29, 1.82) is 0 Å². The highest BCUT2D eigenvalue weighted by Gasteiger charge is 2.53. The Morgan fingerprint density at radius 3 is 1.73 bits per heavy atom. The van der Waals surface area contributed by atoms with Crippen molar-refractivity contribution >= 4 is 17.3 Å². The van der Waals surface area contributed by atoms with E-state index in [1.165, 1.54) is 0 Å². The number of anilines is 2. The fraction of sp³-hybridized carbons (Fsp3) is 0.194. The number of aliphatic hydroxyl groups is 2. The molecule has 1 amide bonds. The van der Waals surface area contributed by atoms with E-state index in [-0.39, 0.29) is 32.3 Å². The van der Waals surface area contributed by atoms with Gasteiger partial charge in [-0.15, -0.1) is 0 Å². The monoisotopic (exact) mass is 495 g/mol. The number of para-hydroxylation sites is 1. The Morgan fingerprint density at radius 1 is 0.703 bits per heavy atom. The van der Waals surface area contributed by atoms with Crippen LogP contribution in [-0.2, 0) is 10.2 Å². The number of aliphatic hydroxyl groups excluding tert-OH is 2. The van der Waals surface area contributed by atoms with Gasteiger partial charge in [0.15, 0.2) is 0 Å². The second-order valence-electron chi connectivity index (χ2n) is 8.94. The van der Waals surface area contributed by atoms with Gasteiger partial charge in [0.25, 0.3) is 5.91 Å². The smallest absolute Gasteiger partial charge is 0.251 e. The zero-order valence-electron chi connectivity index (χ0n) is 20.6. The van der Waals surface area contributed by atoms with Gasteiger partial charge < -0.3 is 19.7 Å². The van der Waals surface area contributed by atoms with Gasteiger partial charge >= 0.3 is 0 Å². The van der Waals surface area contributed by atoms with Crippen LogP contribution in [0.3, 0.4) is 0 Å². The van der Waals surface area contributed by atoms with E-state index < -0.39 is 5.41 Å². The third-order valence-corrected chi connectivity index (χ3v) is 6.66. The maximum atomic E-state index is 14.7. The number of aryl methyl sites for hydroxylation is 1. The first-order valence-electron chi connectivity index (χ1n) is 12.3. The number of hydrogen-bond donors (Lipinski definition) is 2. The van der Waals surface area contributed by atoms with Gasteiger partial charge in [0.05, 0.1) is 18.9 Å². The first-order chi connectivity index (χ1) is 18.1. The van der Waals surface area contributed by atoms with Crippen molar-refractivity contribution in [3.8, 4) is 11.5 Å². The number of fused-ring (bicyclic) bond motifs is 1. The van der Waals surface area contributed by atoms with E-state index in [4.69, 9.17) is 19.7 Å². The highest BCUT2D eigenvalue weighted by Crippen LogP contribution is 2.53. The lowest BCUT2D eigenvalue weighted by Gasteiger charge is -2.30. The SMILES string of the molecule is Cc1ccc(N2C(=O)C(c3ccc(OCCO)cc3)(c3ccc(OCCO)cc3)c3ccccc32)cc1. The number of benzene rings is 4. The van der Waals surface area contributed by atoms with Crippen LogP contribution in [0.2, 0.25) is 0 Å². The molecular weight excluding hydrogens is 466 g/mol. The Morgan fingerprint density at radius 2 is 1.22 bits per heavy atom. The maximum absolute atomic E-state index is 14.7. The topological polar surface area (TPSA) is 79.2 Å². The molecule has 0 aromatic heterocycles. The average Bonchev–Trinajstić information content (AvgIpc) is 3.20. The molecule has 0 atom stereocenters. The molecule has 5 rings (SSSR count). The number of ether oxygens (including phenoxy) is 2. The summed E-state index contributed by atoms with van der Waals surface area (Å²) in [4.78, 5) is 16.5. The van der Waals surface area contributed by atoms with Crippen molar-refractivity contribution in [2.45, 2.75) is 12.3 Å². The largest absolute Gasteiger partial charge is 0.491 e. The van der Waals surface area contributed by atoms with E-state index >= 15 is 0 Å². The zero-order valence-corrected chi connectivity index (χ0v) is 20.6. The van der Waals surface area contributed by atoms with E-state index in [1.54, 1.807) is 4.90 Å². The molecule has 6 heteroatoms. The molecule has 4 aromatic rings. The second kappa shape index (κ2) is 10.5. The predicted molar refractivity (Wildman–Crippen MR) is 143 cm³/mol. The summed E-state index contributed by atoms with van der Waals surface area (Å²) >= 11 is 0. The molecule has 0 bridgehead atoms. The Labute approximate surface area is 216 Å². The standard InChI is InChI=1S/C31H29NO5/c1-22-6-12-25(13-7-22)32-29-5-3-2-4-28(29)31(30(32)35,23-8-14-26(15-9-23)36-20-18-33)24-10-16-27(17-11-24)37-21-19-34/h2-17,33-34H,18-21H2,1H3. The van der Waals surface area contributed by atoms with Crippen LogP contribution in [0.1, 0.15) is 22.3 Å². The normalized spacial score (nSPS) is 13.9. The van der Waals surface area contributed by atoms with Gasteiger partial charge in [0.2, 0.25) is 0 Å². The van der Waals surface area contributed by atoms with Gasteiger partial charge in [0.1, 0.15) is 30.1 Å². The van der Waals surface area contributed by atoms with Crippen molar-refractivity contribution in [2.24, 2.45) is 0 Å². The summed E-state index contributed by atoms with van der Waals surface area (Å²) in [6.07, 6.45) is 0. The Bertz CT molecular complexity index is 1310. The molecule has 0 unspecified atom stereocenters. The minimum absolute atomic E-state index is 0.0756. The molecule has 1 aliphatic rings. The minimum Gasteiger partial charge on any atom is -0.491 e. The van der Waals surface area contributed by atoms with Crippen molar-refractivity contribution in [3.05, 3.63) is 119 Å². The van der Waals surface area contributed by atoms with E-state index in [9.17, 15) is 4.79 Å². The number of rotatable bonds is 9. The molecule has 0 spiro atoms. The third-order valence-electron chi connectivity index (χ3n) is 6.66. The molecule has 1 heterocycles. The lowest BCUT2D eigenvalue weighted by atomic mass is 9.70. The molecule has 0 radical (unpaired) electrons. The number of amides is 1. The summed E-state index contributed by atoms with van der Waals surface area (Å²) in [5.74, 6) is 1.16. The van der Waals surface area contributed by atoms with Crippen LogP contribution >= 0.6 is 0 Å². The summed E-state index contributed by atoms with van der Waals surface area (Å²) in [7, 11) is 0. The van der Waals surface area contributed by atoms with Gasteiger partial charge in [0, 0.05) is 11.3 Å². The summed E-state index contributed by atoms with van der Waals surface area (Å²) in [6.45, 7) is 2.27. The second-order valence-corrected chi connectivity index (χ2v) is 8.94. The van der Waals surface area contributed by atoms with Crippen LogP contribution in [0.15, 0.2) is 97.1 Å². The minimum atomic E-state index is -1.10. The molecular formula is C31H29NO5. The molecule has 188 valence electrons. The Balaban J connectivity index is 1.70. The fourth-order valence-electron chi connectivity index (χ4n) is 4.98. The maximum Gasteiger partial charge on any atom is 0.251 e. The van der Waals surface area contributed by atoms with E-state index in [1.807, 2.05) is 104 Å². The highest BCUT2D eigenvalue weighted by atomic mass is 16.5. The summed E-state index contributed by atoms with van der Waals surface area (Å²) in [5, 5.41) is 18.2. The molecule has 37 heavy (non-hydrogen) atoms. The fourth-order valence-corrected chi connectivity index (χ4v) is 4.98. The van der Waals surface area contributed by atoms with Crippen molar-refractivity contribution < 1.29 is 24.5 Å². The van der Waals surface area contributed by atoms with Crippen LogP contribution in [-0.4, -0.2) is 42.5 Å². The van der Waals surface area contributed by atoms with Crippen molar-refractivity contribution in [1.82, 2.24) is 0 Å². The molecule has 0 aliphatic carbocycles. The first-order valence-corrected chi connectivity index (χ1v) is 12.3. The van der Waals surface area contributed by atoms with Crippen LogP contribution in [0.25, 0.3) is 0 Å². The predicted octanol–water partition coefficient (Wildman–Crippen LogP) is 4.75. The van der Waals surface area contributed by atoms with Crippen LogP contribution in [0.5, 0.6) is 11.5 Å². The quantitative estimate of drug-likeness (QED) is 0.350. The van der Waals surface area contributed by atoms with Crippen molar-refractivity contribution in [3.63, 3.8) is 0 Å². The van der Waals surface area contributed by atoms with Crippen LogP contribution in [0.4, 0.5) is 11.4 Å². The van der Waals surface area contributed by atoms with Crippen LogP contribution < -0.4 is 14.4 Å². The molecule has 0 saturated carbocycles. The number of hydrogen-bond acceptors (Lipinski definition) is 5. The van der Waals surface area contributed by atoms with Gasteiger partial charge in [-0.05, 0) is 60.5 Å². The van der Waals surface area contributed by atoms with Gasteiger partial charge in [-0.25, -0.2) is 0 Å². The van der Waals surface area contributed by atoms with Gasteiger partial charge in [-0.2, -0.15) is 0 Å². The van der Waals surface area contributed by atoms with E-state index in [2.05, 4.69) is 0 Å². The summed E-state index contributed by atoms with van der Waals surface area (Å²) < 4.78 is 11.2. The molecule has 0 fully saturated rings. The van der Waals surface area contributed by atoms with E-state index in [0.29, 0.717) is 11.5 Å². The molecule has 2 N–H and O–H groups in total. The summed E-state index contributed by atoms with van der Waals surface area (Å²) in [6, 6.07) is 30.8. The van der Waals surface area contributed by atoms with Gasteiger partial charge in [-0.1, -0.05) is 60.2 Å². The van der Waals surface area contributed by atoms with E-state index in [0.717, 1.165) is 33.6 Å². The molecule has 0 saturated heterocycles. The molecule has 4 aromatic carbocycles. The van der Waals surface area contributed by atoms with Crippen LogP contribution in [0, 0.1) is 6.92 Å². The lowest BCUT2D eigenvalue weighted by molar-refractivity contribution is -0.120. The Kier molecular flexibility index (Phi) is 6.95. The average molecular weight is 496 g/mol. The lowest BCUT2D eigenvalue weighted by Crippen LogP contribution is -2.40. The number of carbonyl (C=O) groups excluding carboxylic acids is 1. The first kappa shape index (κ1) is 24.6. The van der Waals surface area contributed by atoms with Crippen molar-refractivity contribution in [2.75, 3.05) is 31.3 Å². The third kappa shape index (κ3) is 4.35. The molecule has 1 aliphatic heterocycles. The number of carbonyl (C=O) groups is 1. The molecule has 6 nitrogen and oxygen atoms in total. The zero-order chi connectivity index (χ0) is 25.8.